The molecule has 1 aliphatic rings. The molecule has 0 amide bonds. The van der Waals surface area contributed by atoms with Gasteiger partial charge in [-0.15, -0.1) is 5.10 Å². The van der Waals surface area contributed by atoms with Gasteiger partial charge in [0.2, 0.25) is 0 Å². The number of carbonyl (C=O) groups is 1. The van der Waals surface area contributed by atoms with Crippen molar-refractivity contribution in [3.63, 3.8) is 0 Å². The molecule has 0 unspecified atom stereocenters. The molecule has 1 aliphatic heterocycles. The van der Waals surface area contributed by atoms with E-state index < -0.39 is 11.9 Å². The molecular weight excluding hydrogens is 322 g/mol. The van der Waals surface area contributed by atoms with E-state index in [4.69, 9.17) is 9.47 Å². The maximum atomic E-state index is 11.8. The number of rotatable bonds is 5. The topological polar surface area (TPSA) is 84.8 Å². The molecule has 7 nitrogen and oxygen atoms in total. The van der Waals surface area contributed by atoms with Gasteiger partial charge in [0.25, 0.3) is 0 Å². The molecule has 2 aromatic rings. The van der Waals surface area contributed by atoms with Crippen LogP contribution in [0.25, 0.3) is 0 Å². The summed E-state index contributed by atoms with van der Waals surface area (Å²) in [5.74, 6) is 0.226. The molecule has 1 fully saturated rings. The monoisotopic (exact) mass is 343 g/mol. The first-order chi connectivity index (χ1) is 12.0. The molecule has 132 valence electrons. The normalized spacial score (nSPS) is 19.7. The van der Waals surface area contributed by atoms with E-state index in [1.807, 2.05) is 36.1 Å². The maximum Gasteiger partial charge on any atom is 0.308 e. The number of methoxy groups -OCH3 is 2. The second kappa shape index (κ2) is 6.96. The van der Waals surface area contributed by atoms with Crippen molar-refractivity contribution in [2.24, 2.45) is 5.92 Å². The Hall–Kier alpha value is -2.83. The third kappa shape index (κ3) is 3.22. The number of hydrogen-bond donors (Lipinski definition) is 1. The third-order valence-corrected chi connectivity index (χ3v) is 4.58. The largest absolute Gasteiger partial charge is 0.493 e. The predicted octanol–water partition coefficient (Wildman–Crippen LogP) is 2.11. The fourth-order valence-electron chi connectivity index (χ4n) is 3.32. The van der Waals surface area contributed by atoms with Gasteiger partial charge in [-0.05, 0) is 25.1 Å². The fraction of sp³-hybridized carbons (Fsp3) is 0.389. The van der Waals surface area contributed by atoms with E-state index in [2.05, 4.69) is 10.2 Å². The Morgan fingerprint density at radius 1 is 1.16 bits per heavy atom. The van der Waals surface area contributed by atoms with Crippen LogP contribution < -0.4 is 14.4 Å². The number of aliphatic carboxylic acids is 1. The first-order valence-electron chi connectivity index (χ1n) is 8.04. The molecule has 1 aromatic carbocycles. The van der Waals surface area contributed by atoms with Gasteiger partial charge < -0.3 is 19.5 Å². The predicted molar refractivity (Wildman–Crippen MR) is 92.4 cm³/mol. The van der Waals surface area contributed by atoms with Gasteiger partial charge in [0.1, 0.15) is 0 Å². The lowest BCUT2D eigenvalue weighted by molar-refractivity contribution is -0.141. The summed E-state index contributed by atoms with van der Waals surface area (Å²) in [6.45, 7) is 2.76. The van der Waals surface area contributed by atoms with Crippen LogP contribution in [0, 0.1) is 12.8 Å². The van der Waals surface area contributed by atoms with Crippen molar-refractivity contribution in [1.82, 2.24) is 10.2 Å². The van der Waals surface area contributed by atoms with E-state index in [1.165, 1.54) is 0 Å². The molecule has 2 atom stereocenters. The molecule has 1 aromatic heterocycles. The standard InChI is InChI=1S/C18H21N3O4/c1-11-7-8-16(20-19-11)21-9-13(14(10-21)18(22)23)12-5-4-6-15(24-2)17(12)25-3/h4-8,13-14H,9-10H2,1-3H3,(H,22,23)/t13-,14+/m1/s1. The molecule has 0 bridgehead atoms. The molecule has 0 saturated carbocycles. The van der Waals surface area contributed by atoms with Crippen molar-refractivity contribution in [2.45, 2.75) is 12.8 Å². The smallest absolute Gasteiger partial charge is 0.308 e. The van der Waals surface area contributed by atoms with Crippen LogP contribution in [0.4, 0.5) is 5.82 Å². The first-order valence-corrected chi connectivity index (χ1v) is 8.04. The number of aromatic nitrogens is 2. The van der Waals surface area contributed by atoms with Crippen LogP contribution in [-0.4, -0.2) is 48.6 Å². The van der Waals surface area contributed by atoms with Gasteiger partial charge in [-0.3, -0.25) is 4.79 Å². The van der Waals surface area contributed by atoms with Crippen LogP contribution in [0.3, 0.4) is 0 Å². The third-order valence-electron chi connectivity index (χ3n) is 4.58. The van der Waals surface area contributed by atoms with Crippen LogP contribution >= 0.6 is 0 Å². The summed E-state index contributed by atoms with van der Waals surface area (Å²) in [4.78, 5) is 13.8. The van der Waals surface area contributed by atoms with Gasteiger partial charge in [0.05, 0.1) is 25.8 Å². The summed E-state index contributed by atoms with van der Waals surface area (Å²) in [6.07, 6.45) is 0. The Kier molecular flexibility index (Phi) is 4.74. The van der Waals surface area contributed by atoms with Gasteiger partial charge in [0, 0.05) is 24.6 Å². The van der Waals surface area contributed by atoms with Crippen LogP contribution in [0.2, 0.25) is 0 Å². The number of hydrogen-bond acceptors (Lipinski definition) is 6. The average molecular weight is 343 g/mol. The van der Waals surface area contributed by atoms with E-state index in [-0.39, 0.29) is 5.92 Å². The quantitative estimate of drug-likeness (QED) is 0.890. The van der Waals surface area contributed by atoms with E-state index >= 15 is 0 Å². The lowest BCUT2D eigenvalue weighted by Gasteiger charge is -2.20. The molecule has 1 saturated heterocycles. The van der Waals surface area contributed by atoms with E-state index in [0.717, 1.165) is 11.3 Å². The zero-order valence-electron chi connectivity index (χ0n) is 14.5. The number of carboxylic acids is 1. The van der Waals surface area contributed by atoms with Gasteiger partial charge >= 0.3 is 5.97 Å². The van der Waals surface area contributed by atoms with Crippen molar-refractivity contribution in [2.75, 3.05) is 32.2 Å². The van der Waals surface area contributed by atoms with E-state index in [0.29, 0.717) is 30.4 Å². The van der Waals surface area contributed by atoms with Crippen molar-refractivity contribution in [3.05, 3.63) is 41.6 Å². The molecule has 1 N–H and O–H groups in total. The van der Waals surface area contributed by atoms with E-state index in [9.17, 15) is 9.90 Å². The lowest BCUT2D eigenvalue weighted by Crippen LogP contribution is -2.24. The van der Waals surface area contributed by atoms with Crippen molar-refractivity contribution >= 4 is 11.8 Å². The SMILES string of the molecule is COc1cccc([C@H]2CN(c3ccc(C)nn3)C[C@@H]2C(=O)O)c1OC. The highest BCUT2D eigenvalue weighted by Gasteiger charge is 2.41. The van der Waals surface area contributed by atoms with Gasteiger partial charge in [-0.2, -0.15) is 5.10 Å². The zero-order valence-corrected chi connectivity index (χ0v) is 14.5. The Balaban J connectivity index is 1.97. The molecule has 3 rings (SSSR count). The summed E-state index contributed by atoms with van der Waals surface area (Å²) in [7, 11) is 3.13. The van der Waals surface area contributed by atoms with Gasteiger partial charge in [-0.25, -0.2) is 0 Å². The molecule has 7 heteroatoms. The Bertz CT molecular complexity index is 763. The molecule has 0 spiro atoms. The minimum atomic E-state index is -0.836. The zero-order chi connectivity index (χ0) is 18.0. The molecule has 0 radical (unpaired) electrons. The molecular formula is C18H21N3O4. The summed E-state index contributed by atoms with van der Waals surface area (Å²) in [6, 6.07) is 9.29. The number of ether oxygens (including phenoxy) is 2. The first kappa shape index (κ1) is 17.0. The fourth-order valence-corrected chi connectivity index (χ4v) is 3.32. The Labute approximate surface area is 146 Å². The average Bonchev–Trinajstić information content (AvgIpc) is 3.07. The molecule has 0 aliphatic carbocycles. The lowest BCUT2D eigenvalue weighted by atomic mass is 9.88. The summed E-state index contributed by atoms with van der Waals surface area (Å²) in [5, 5.41) is 18.0. The number of para-hydroxylation sites is 1. The second-order valence-corrected chi connectivity index (χ2v) is 6.07. The summed E-state index contributed by atoms with van der Waals surface area (Å²) >= 11 is 0. The van der Waals surface area contributed by atoms with Crippen LogP contribution in [0.15, 0.2) is 30.3 Å². The van der Waals surface area contributed by atoms with Gasteiger partial charge in [-0.1, -0.05) is 12.1 Å². The molecule has 25 heavy (non-hydrogen) atoms. The van der Waals surface area contributed by atoms with Crippen LogP contribution in [0.5, 0.6) is 11.5 Å². The highest BCUT2D eigenvalue weighted by molar-refractivity contribution is 5.74. The summed E-state index contributed by atoms with van der Waals surface area (Å²) < 4.78 is 10.8. The van der Waals surface area contributed by atoms with Crippen LogP contribution in [-0.2, 0) is 4.79 Å². The second-order valence-electron chi connectivity index (χ2n) is 6.07. The summed E-state index contributed by atoms with van der Waals surface area (Å²) in [5.41, 5.74) is 1.65. The minimum Gasteiger partial charge on any atom is -0.493 e. The van der Waals surface area contributed by atoms with Crippen molar-refractivity contribution in [3.8, 4) is 11.5 Å². The number of carboxylic acid groups (broad SMARTS) is 1. The van der Waals surface area contributed by atoms with E-state index in [1.54, 1.807) is 20.3 Å². The number of anilines is 1. The maximum absolute atomic E-state index is 11.8. The van der Waals surface area contributed by atoms with Crippen molar-refractivity contribution in [1.29, 1.82) is 0 Å². The number of nitrogens with zero attached hydrogens (tertiary/aromatic N) is 3. The van der Waals surface area contributed by atoms with Crippen LogP contribution in [0.1, 0.15) is 17.2 Å². The van der Waals surface area contributed by atoms with Crippen molar-refractivity contribution < 1.29 is 19.4 Å². The Morgan fingerprint density at radius 2 is 1.96 bits per heavy atom. The molecule has 2 heterocycles. The Morgan fingerprint density at radius 3 is 2.56 bits per heavy atom. The highest BCUT2D eigenvalue weighted by atomic mass is 16.5. The highest BCUT2D eigenvalue weighted by Crippen LogP contribution is 2.42. The number of benzene rings is 1. The minimum absolute atomic E-state index is 0.231. The van der Waals surface area contributed by atoms with Gasteiger partial charge in [0.15, 0.2) is 17.3 Å². The number of aryl methyl sites for hydroxylation is 1.